The third kappa shape index (κ3) is 4.81. The van der Waals surface area contributed by atoms with Gasteiger partial charge in [-0.3, -0.25) is 4.98 Å². The van der Waals surface area contributed by atoms with E-state index in [2.05, 4.69) is 28.8 Å². The topological polar surface area (TPSA) is 101 Å². The van der Waals surface area contributed by atoms with Crippen molar-refractivity contribution < 1.29 is 13.9 Å². The van der Waals surface area contributed by atoms with E-state index in [0.717, 1.165) is 28.2 Å². The Balaban J connectivity index is 1.36. The van der Waals surface area contributed by atoms with Crippen molar-refractivity contribution in [1.29, 1.82) is 0 Å². The lowest BCUT2D eigenvalue weighted by Gasteiger charge is -2.11. The second kappa shape index (κ2) is 9.61. The van der Waals surface area contributed by atoms with Gasteiger partial charge >= 0.3 is 0 Å². The summed E-state index contributed by atoms with van der Waals surface area (Å²) in [6.07, 6.45) is 3.18. The molecule has 0 atom stereocenters. The maximum Gasteiger partial charge on any atom is 0.153 e. The fourth-order valence-corrected chi connectivity index (χ4v) is 3.79. The first-order chi connectivity index (χ1) is 17.4. The minimum atomic E-state index is -0.458. The van der Waals surface area contributed by atoms with Crippen LogP contribution in [-0.2, 0) is 6.61 Å². The van der Waals surface area contributed by atoms with Crippen LogP contribution in [0.1, 0.15) is 36.7 Å². The molecule has 0 aliphatic carbocycles. The molecule has 3 aromatic heterocycles. The lowest BCUT2D eigenvalue weighted by atomic mass is 10.1. The maximum absolute atomic E-state index is 14.2. The molecule has 0 aliphatic rings. The zero-order chi connectivity index (χ0) is 25.2. The van der Waals surface area contributed by atoms with Crippen molar-refractivity contribution in [3.05, 3.63) is 89.9 Å². The van der Waals surface area contributed by atoms with E-state index in [9.17, 15) is 4.39 Å². The molecular formula is C27H25FN6O2. The number of rotatable bonds is 7. The van der Waals surface area contributed by atoms with Crippen LogP contribution >= 0.6 is 0 Å². The summed E-state index contributed by atoms with van der Waals surface area (Å²) in [5.74, 6) is 1.28. The van der Waals surface area contributed by atoms with E-state index in [-0.39, 0.29) is 12.5 Å². The zero-order valence-corrected chi connectivity index (χ0v) is 20.1. The van der Waals surface area contributed by atoms with Crippen LogP contribution in [-0.4, -0.2) is 24.7 Å². The molecule has 5 aromatic rings. The van der Waals surface area contributed by atoms with Crippen molar-refractivity contribution >= 4 is 16.9 Å². The lowest BCUT2D eigenvalue weighted by molar-refractivity contribution is 0.302. The molecule has 2 N–H and O–H groups in total. The Labute approximate surface area is 207 Å². The van der Waals surface area contributed by atoms with Crippen molar-refractivity contribution in [2.75, 3.05) is 5.73 Å². The van der Waals surface area contributed by atoms with Crippen LogP contribution in [0.4, 0.5) is 10.2 Å². The number of nitrogens with zero attached hydrogens (tertiary/aromatic N) is 5. The molecule has 0 bridgehead atoms. The van der Waals surface area contributed by atoms with Crippen molar-refractivity contribution in [3.8, 4) is 22.9 Å². The van der Waals surface area contributed by atoms with Gasteiger partial charge in [-0.1, -0.05) is 19.9 Å². The monoisotopic (exact) mass is 484 g/mol. The first kappa shape index (κ1) is 23.2. The van der Waals surface area contributed by atoms with Gasteiger partial charge in [-0.25, -0.2) is 19.0 Å². The summed E-state index contributed by atoms with van der Waals surface area (Å²) in [4.78, 5) is 12.8. The first-order valence-electron chi connectivity index (χ1n) is 11.5. The Morgan fingerprint density at radius 2 is 1.72 bits per heavy atom. The van der Waals surface area contributed by atoms with Crippen LogP contribution in [0.3, 0.4) is 0 Å². The smallest absolute Gasteiger partial charge is 0.153 e. The molecule has 0 amide bonds. The number of anilines is 1. The number of ether oxygens (including phenoxy) is 2. The summed E-state index contributed by atoms with van der Waals surface area (Å²) in [5, 5.41) is 4.73. The van der Waals surface area contributed by atoms with E-state index < -0.39 is 5.82 Å². The van der Waals surface area contributed by atoms with Gasteiger partial charge in [-0.2, -0.15) is 5.10 Å². The molecule has 0 fully saturated rings. The van der Waals surface area contributed by atoms with Crippen LogP contribution in [0.15, 0.2) is 67.1 Å². The highest BCUT2D eigenvalue weighted by atomic mass is 19.1. The zero-order valence-electron chi connectivity index (χ0n) is 20.1. The molecule has 0 aliphatic heterocycles. The normalized spacial score (nSPS) is 11.2. The summed E-state index contributed by atoms with van der Waals surface area (Å²) >= 11 is 0. The minimum Gasteiger partial charge on any atom is -0.489 e. The summed E-state index contributed by atoms with van der Waals surface area (Å²) < 4.78 is 27.6. The fraction of sp³-hybridized carbons (Fsp3) is 0.185. The number of hydrogen-bond donors (Lipinski definition) is 1. The lowest BCUT2D eigenvalue weighted by Crippen LogP contribution is -2.01. The van der Waals surface area contributed by atoms with Crippen LogP contribution in [0.25, 0.3) is 16.7 Å². The maximum atomic E-state index is 14.2. The van der Waals surface area contributed by atoms with Crippen LogP contribution in [0.2, 0.25) is 0 Å². The van der Waals surface area contributed by atoms with Crippen molar-refractivity contribution in [1.82, 2.24) is 24.7 Å². The predicted octanol–water partition coefficient (Wildman–Crippen LogP) is 5.73. The number of nitrogens with two attached hydrogens (primary N) is 1. The number of nitrogen functional groups attached to an aromatic ring is 1. The van der Waals surface area contributed by atoms with Gasteiger partial charge in [-0.15, -0.1) is 0 Å². The average molecular weight is 485 g/mol. The molecule has 0 saturated heterocycles. The molecule has 9 heteroatoms. The van der Waals surface area contributed by atoms with Crippen molar-refractivity contribution in [3.63, 3.8) is 0 Å². The molecule has 8 nitrogen and oxygen atoms in total. The van der Waals surface area contributed by atoms with Gasteiger partial charge in [-0.05, 0) is 43.2 Å². The van der Waals surface area contributed by atoms with E-state index in [4.69, 9.17) is 20.3 Å². The van der Waals surface area contributed by atoms with Gasteiger partial charge in [0.15, 0.2) is 5.82 Å². The highest BCUT2D eigenvalue weighted by Crippen LogP contribution is 2.31. The van der Waals surface area contributed by atoms with Crippen LogP contribution in [0.5, 0.6) is 17.2 Å². The Hall–Kier alpha value is -4.53. The third-order valence-corrected chi connectivity index (χ3v) is 5.60. The molecule has 0 radical (unpaired) electrons. The van der Waals surface area contributed by atoms with Gasteiger partial charge in [0.25, 0.3) is 0 Å². The molecule has 5 rings (SSSR count). The molecule has 0 saturated carbocycles. The Bertz CT molecular complexity index is 1510. The molecule has 0 unspecified atom stereocenters. The van der Waals surface area contributed by atoms with E-state index in [0.29, 0.717) is 28.6 Å². The highest BCUT2D eigenvalue weighted by molar-refractivity contribution is 5.88. The average Bonchev–Trinajstić information content (AvgIpc) is 3.25. The number of aryl methyl sites for hydroxylation is 1. The second-order valence-electron chi connectivity index (χ2n) is 8.72. The van der Waals surface area contributed by atoms with E-state index in [1.54, 1.807) is 29.1 Å². The number of pyridine rings is 1. The van der Waals surface area contributed by atoms with Gasteiger partial charge in [0.1, 0.15) is 47.0 Å². The van der Waals surface area contributed by atoms with E-state index in [1.165, 1.54) is 18.5 Å². The first-order valence-corrected chi connectivity index (χ1v) is 11.5. The molecule has 182 valence electrons. The molecular weight excluding hydrogens is 459 g/mol. The largest absolute Gasteiger partial charge is 0.489 e. The molecule has 36 heavy (non-hydrogen) atoms. The summed E-state index contributed by atoms with van der Waals surface area (Å²) in [6, 6.07) is 15.3. The third-order valence-electron chi connectivity index (χ3n) is 5.60. The summed E-state index contributed by atoms with van der Waals surface area (Å²) in [7, 11) is 0. The van der Waals surface area contributed by atoms with Crippen LogP contribution in [0, 0.1) is 12.7 Å². The Morgan fingerprint density at radius 1 is 0.944 bits per heavy atom. The van der Waals surface area contributed by atoms with Crippen LogP contribution < -0.4 is 15.2 Å². The SMILES string of the molecule is Cc1ccc(COc2cc(F)cc(Oc3ccc(-n4nc(C(C)C)c5ncnc(N)c54)cc3)c2)cn1. The summed E-state index contributed by atoms with van der Waals surface area (Å²) in [5.41, 5.74) is 11.0. The van der Waals surface area contributed by atoms with Gasteiger partial charge < -0.3 is 15.2 Å². The predicted molar refractivity (Wildman–Crippen MR) is 135 cm³/mol. The Kier molecular flexibility index (Phi) is 6.20. The minimum absolute atomic E-state index is 0.164. The number of fused-ring (bicyclic) bond motifs is 1. The van der Waals surface area contributed by atoms with Gasteiger partial charge in [0.05, 0.1) is 11.4 Å². The van der Waals surface area contributed by atoms with Crippen molar-refractivity contribution in [2.24, 2.45) is 0 Å². The highest BCUT2D eigenvalue weighted by Gasteiger charge is 2.18. The quantitative estimate of drug-likeness (QED) is 0.315. The summed E-state index contributed by atoms with van der Waals surface area (Å²) in [6.45, 7) is 6.29. The molecule has 3 heterocycles. The van der Waals surface area contributed by atoms with Gasteiger partial charge in [0, 0.05) is 35.7 Å². The second-order valence-corrected chi connectivity index (χ2v) is 8.72. The standard InChI is InChI=1S/C27H25FN6O2/c1-16(2)24-25-26(27(29)32-15-31-25)34(33-24)20-6-8-21(9-7-20)36-23-11-19(28)10-22(12-23)35-14-18-5-4-17(3)30-13-18/h4-13,15-16H,14H2,1-3H3,(H2,29,31,32). The molecule has 0 spiro atoms. The fourth-order valence-electron chi connectivity index (χ4n) is 3.79. The Morgan fingerprint density at radius 3 is 2.44 bits per heavy atom. The van der Waals surface area contributed by atoms with E-state index >= 15 is 0 Å². The number of benzene rings is 2. The molecule has 2 aromatic carbocycles. The van der Waals surface area contributed by atoms with Crippen molar-refractivity contribution in [2.45, 2.75) is 33.3 Å². The van der Waals surface area contributed by atoms with E-state index in [1.807, 2.05) is 31.2 Å². The number of halogens is 1. The number of aromatic nitrogens is 5. The number of hydrogen-bond acceptors (Lipinski definition) is 7. The van der Waals surface area contributed by atoms with Gasteiger partial charge in [0.2, 0.25) is 0 Å².